The van der Waals surface area contributed by atoms with Crippen molar-refractivity contribution in [2.45, 2.75) is 27.2 Å². The van der Waals surface area contributed by atoms with Crippen molar-refractivity contribution in [2.75, 3.05) is 38.1 Å². The molecule has 0 spiro atoms. The highest BCUT2D eigenvalue weighted by molar-refractivity contribution is 5.43. The van der Waals surface area contributed by atoms with Gasteiger partial charge in [-0.2, -0.15) is 4.98 Å². The van der Waals surface area contributed by atoms with E-state index in [-0.39, 0.29) is 11.6 Å². The lowest BCUT2D eigenvalue weighted by Crippen LogP contribution is -2.28. The fraction of sp³-hybridized carbons (Fsp3) is 0.692. The quantitative estimate of drug-likeness (QED) is 0.521. The standard InChI is InChI=1S/C13H23N5O3/c1-4-7-14-13-15-10-11(18(19)20)12(16-13)21-9-8-17(5-2)6-3/h10H,4-9H2,1-3H3,(H,14,15,16). The van der Waals surface area contributed by atoms with Gasteiger partial charge < -0.3 is 15.0 Å². The molecule has 1 N–H and O–H groups in total. The number of aromatic nitrogens is 2. The van der Waals surface area contributed by atoms with Crippen LogP contribution in [0.3, 0.4) is 0 Å². The van der Waals surface area contributed by atoms with Gasteiger partial charge in [0, 0.05) is 13.1 Å². The molecule has 1 rings (SSSR count). The van der Waals surface area contributed by atoms with Gasteiger partial charge in [-0.25, -0.2) is 4.98 Å². The van der Waals surface area contributed by atoms with Crippen molar-refractivity contribution in [3.8, 4) is 5.88 Å². The van der Waals surface area contributed by atoms with Crippen molar-refractivity contribution in [2.24, 2.45) is 0 Å². The molecule has 0 radical (unpaired) electrons. The van der Waals surface area contributed by atoms with Crippen LogP contribution in [-0.4, -0.2) is 52.6 Å². The van der Waals surface area contributed by atoms with Crippen LogP contribution in [0.5, 0.6) is 5.88 Å². The van der Waals surface area contributed by atoms with Crippen LogP contribution in [0, 0.1) is 10.1 Å². The topological polar surface area (TPSA) is 93.4 Å². The van der Waals surface area contributed by atoms with Crippen molar-refractivity contribution >= 4 is 11.6 Å². The van der Waals surface area contributed by atoms with Gasteiger partial charge in [0.15, 0.2) is 0 Å². The molecule has 0 aliphatic carbocycles. The molecule has 118 valence electrons. The molecule has 0 unspecified atom stereocenters. The summed E-state index contributed by atoms with van der Waals surface area (Å²) in [5, 5.41) is 14.0. The third-order valence-electron chi connectivity index (χ3n) is 3.01. The number of nitrogens with zero attached hydrogens (tertiary/aromatic N) is 4. The van der Waals surface area contributed by atoms with Gasteiger partial charge in [0.05, 0.1) is 4.92 Å². The SMILES string of the molecule is CCCNc1ncc([N+](=O)[O-])c(OCCN(CC)CC)n1. The van der Waals surface area contributed by atoms with Gasteiger partial charge in [-0.3, -0.25) is 10.1 Å². The Kier molecular flexibility index (Phi) is 7.38. The van der Waals surface area contributed by atoms with Crippen LogP contribution in [-0.2, 0) is 0 Å². The monoisotopic (exact) mass is 297 g/mol. The number of nitro groups is 1. The van der Waals surface area contributed by atoms with Gasteiger partial charge in [0.1, 0.15) is 12.8 Å². The van der Waals surface area contributed by atoms with Gasteiger partial charge in [-0.05, 0) is 19.5 Å². The molecular formula is C13H23N5O3. The first-order chi connectivity index (χ1) is 10.1. The molecule has 1 aromatic rings. The molecule has 0 saturated carbocycles. The highest BCUT2D eigenvalue weighted by Crippen LogP contribution is 2.24. The van der Waals surface area contributed by atoms with Crippen LogP contribution in [0.1, 0.15) is 27.2 Å². The maximum absolute atomic E-state index is 11.0. The zero-order chi connectivity index (χ0) is 15.7. The summed E-state index contributed by atoms with van der Waals surface area (Å²) in [5.41, 5.74) is -0.211. The molecule has 1 aromatic heterocycles. The van der Waals surface area contributed by atoms with E-state index >= 15 is 0 Å². The highest BCUT2D eigenvalue weighted by Gasteiger charge is 2.19. The smallest absolute Gasteiger partial charge is 0.349 e. The average Bonchev–Trinajstić information content (AvgIpc) is 2.49. The lowest BCUT2D eigenvalue weighted by Gasteiger charge is -2.17. The van der Waals surface area contributed by atoms with E-state index in [1.54, 1.807) is 0 Å². The summed E-state index contributed by atoms with van der Waals surface area (Å²) < 4.78 is 5.48. The van der Waals surface area contributed by atoms with Crippen molar-refractivity contribution in [1.29, 1.82) is 0 Å². The van der Waals surface area contributed by atoms with E-state index in [9.17, 15) is 10.1 Å². The van der Waals surface area contributed by atoms with E-state index in [2.05, 4.69) is 34.0 Å². The van der Waals surface area contributed by atoms with Crippen molar-refractivity contribution in [3.63, 3.8) is 0 Å². The summed E-state index contributed by atoms with van der Waals surface area (Å²) in [6, 6.07) is 0. The number of nitrogens with one attached hydrogen (secondary N) is 1. The molecule has 0 aromatic carbocycles. The van der Waals surface area contributed by atoms with Crippen LogP contribution < -0.4 is 10.1 Å². The van der Waals surface area contributed by atoms with Gasteiger partial charge in [-0.15, -0.1) is 0 Å². The summed E-state index contributed by atoms with van der Waals surface area (Å²) in [6.07, 6.45) is 2.09. The highest BCUT2D eigenvalue weighted by atomic mass is 16.6. The summed E-state index contributed by atoms with van der Waals surface area (Å²) >= 11 is 0. The second-order valence-corrected chi connectivity index (χ2v) is 4.44. The number of anilines is 1. The van der Waals surface area contributed by atoms with Gasteiger partial charge in [0.25, 0.3) is 5.88 Å². The molecule has 1 heterocycles. The van der Waals surface area contributed by atoms with Crippen molar-refractivity contribution in [1.82, 2.24) is 14.9 Å². The van der Waals surface area contributed by atoms with Crippen molar-refractivity contribution in [3.05, 3.63) is 16.3 Å². The first kappa shape index (κ1) is 17.1. The van der Waals surface area contributed by atoms with Crippen LogP contribution in [0.4, 0.5) is 11.6 Å². The fourth-order valence-electron chi connectivity index (χ4n) is 1.72. The van der Waals surface area contributed by atoms with E-state index in [0.717, 1.165) is 19.5 Å². The molecular weight excluding hydrogens is 274 g/mol. The van der Waals surface area contributed by atoms with Gasteiger partial charge in [0.2, 0.25) is 5.95 Å². The minimum absolute atomic E-state index is 0.0146. The Morgan fingerprint density at radius 2 is 2.10 bits per heavy atom. The van der Waals surface area contributed by atoms with Crippen LogP contribution in [0.15, 0.2) is 6.20 Å². The number of hydrogen-bond acceptors (Lipinski definition) is 7. The summed E-state index contributed by atoms with van der Waals surface area (Å²) in [5.74, 6) is 0.362. The Morgan fingerprint density at radius 1 is 1.38 bits per heavy atom. The Labute approximate surface area is 124 Å². The Hall–Kier alpha value is -1.96. The number of ether oxygens (including phenoxy) is 1. The minimum atomic E-state index is -0.531. The molecule has 8 heteroatoms. The largest absolute Gasteiger partial charge is 0.471 e. The van der Waals surface area contributed by atoms with Crippen molar-refractivity contribution < 1.29 is 9.66 Å². The molecule has 21 heavy (non-hydrogen) atoms. The predicted octanol–water partition coefficient (Wildman–Crippen LogP) is 1.93. The summed E-state index contributed by atoms with van der Waals surface area (Å²) in [4.78, 5) is 20.6. The van der Waals surface area contributed by atoms with E-state index in [0.29, 0.717) is 25.6 Å². The van der Waals surface area contributed by atoms with Crippen LogP contribution in [0.2, 0.25) is 0 Å². The predicted molar refractivity (Wildman–Crippen MR) is 80.8 cm³/mol. The maximum atomic E-state index is 11.0. The fourth-order valence-corrected chi connectivity index (χ4v) is 1.72. The zero-order valence-electron chi connectivity index (χ0n) is 12.8. The molecule has 0 atom stereocenters. The van der Waals surface area contributed by atoms with E-state index in [1.165, 1.54) is 6.20 Å². The second-order valence-electron chi connectivity index (χ2n) is 4.44. The maximum Gasteiger partial charge on any atom is 0.349 e. The van der Waals surface area contributed by atoms with Crippen LogP contribution >= 0.6 is 0 Å². The molecule has 0 aliphatic rings. The minimum Gasteiger partial charge on any atom is -0.471 e. The Morgan fingerprint density at radius 3 is 2.67 bits per heavy atom. The van der Waals surface area contributed by atoms with E-state index < -0.39 is 4.92 Å². The normalized spacial score (nSPS) is 10.7. The molecule has 0 amide bonds. The second kappa shape index (κ2) is 9.06. The van der Waals surface area contributed by atoms with Gasteiger partial charge >= 0.3 is 5.69 Å². The van der Waals surface area contributed by atoms with E-state index in [1.807, 2.05) is 6.92 Å². The number of rotatable bonds is 10. The van der Waals surface area contributed by atoms with Crippen LogP contribution in [0.25, 0.3) is 0 Å². The number of likely N-dealkylation sites (N-methyl/N-ethyl adjacent to an activating group) is 1. The number of hydrogen-bond donors (Lipinski definition) is 1. The van der Waals surface area contributed by atoms with E-state index in [4.69, 9.17) is 4.74 Å². The first-order valence-electron chi connectivity index (χ1n) is 7.22. The Balaban J connectivity index is 2.73. The summed E-state index contributed by atoms with van der Waals surface area (Å²) in [7, 11) is 0. The lowest BCUT2D eigenvalue weighted by atomic mass is 10.4. The Bertz CT molecular complexity index is 451. The third-order valence-corrected chi connectivity index (χ3v) is 3.01. The molecule has 0 bridgehead atoms. The molecule has 8 nitrogen and oxygen atoms in total. The summed E-state index contributed by atoms with van der Waals surface area (Å²) in [6.45, 7) is 9.71. The molecule has 0 saturated heterocycles. The third kappa shape index (κ3) is 5.50. The van der Waals surface area contributed by atoms with Gasteiger partial charge in [-0.1, -0.05) is 20.8 Å². The lowest BCUT2D eigenvalue weighted by molar-refractivity contribution is -0.386. The average molecular weight is 297 g/mol. The first-order valence-corrected chi connectivity index (χ1v) is 7.22. The molecule has 0 fully saturated rings. The zero-order valence-corrected chi connectivity index (χ0v) is 12.8. The molecule has 0 aliphatic heterocycles.